The number of carbonyl (C=O) groups is 3. The van der Waals surface area contributed by atoms with Gasteiger partial charge in [0.15, 0.2) is 0 Å². The van der Waals surface area contributed by atoms with E-state index in [1.807, 2.05) is 19.9 Å². The Bertz CT molecular complexity index is 979. The van der Waals surface area contributed by atoms with Crippen LogP contribution in [0.15, 0.2) is 39.5 Å². The zero-order valence-electron chi connectivity index (χ0n) is 17.8. The van der Waals surface area contributed by atoms with Gasteiger partial charge in [0.05, 0.1) is 19.0 Å². The molecule has 0 spiro atoms. The van der Waals surface area contributed by atoms with Crippen molar-refractivity contribution in [2.45, 2.75) is 52.1 Å². The fraction of sp³-hybridized carbons (Fsp3) is 0.500. The van der Waals surface area contributed by atoms with E-state index in [9.17, 15) is 19.2 Å². The lowest BCUT2D eigenvalue weighted by atomic mass is 9.83. The van der Waals surface area contributed by atoms with E-state index in [4.69, 9.17) is 4.42 Å². The number of aromatic nitrogens is 2. The van der Waals surface area contributed by atoms with Gasteiger partial charge < -0.3 is 15.1 Å². The molecule has 1 fully saturated rings. The Labute approximate surface area is 180 Å². The number of benzene rings is 1. The summed E-state index contributed by atoms with van der Waals surface area (Å²) in [4.78, 5) is 49.4. The lowest BCUT2D eigenvalue weighted by Gasteiger charge is -2.31. The summed E-state index contributed by atoms with van der Waals surface area (Å²) in [6, 6.07) is 8.54. The first-order valence-electron chi connectivity index (χ1n) is 10.6. The molecule has 9 nitrogen and oxygen atoms in total. The van der Waals surface area contributed by atoms with E-state index in [2.05, 4.69) is 15.7 Å². The first kappa shape index (κ1) is 22.5. The van der Waals surface area contributed by atoms with E-state index in [-0.39, 0.29) is 36.2 Å². The van der Waals surface area contributed by atoms with Gasteiger partial charge in [0.25, 0.3) is 11.8 Å². The molecule has 9 heteroatoms. The Morgan fingerprint density at radius 2 is 1.87 bits per heavy atom. The van der Waals surface area contributed by atoms with Crippen LogP contribution in [0.4, 0.5) is 0 Å². The summed E-state index contributed by atoms with van der Waals surface area (Å²) in [5.41, 5.74) is 0.537. The second kappa shape index (κ2) is 10.2. The fourth-order valence-corrected chi connectivity index (χ4v) is 3.71. The third-order valence-corrected chi connectivity index (χ3v) is 5.26. The normalized spacial score (nSPS) is 18.5. The monoisotopic (exact) mass is 428 g/mol. The highest BCUT2D eigenvalue weighted by Gasteiger charge is 2.32. The van der Waals surface area contributed by atoms with E-state index in [1.54, 1.807) is 24.3 Å². The fourth-order valence-electron chi connectivity index (χ4n) is 3.71. The van der Waals surface area contributed by atoms with Gasteiger partial charge in [-0.15, -0.1) is 5.10 Å². The number of amides is 2. The maximum Gasteiger partial charge on any atom is 0.437 e. The van der Waals surface area contributed by atoms with Gasteiger partial charge in [-0.25, -0.2) is 4.79 Å². The first-order valence-corrected chi connectivity index (χ1v) is 10.6. The van der Waals surface area contributed by atoms with Crippen LogP contribution in [0.25, 0.3) is 0 Å². The van der Waals surface area contributed by atoms with Gasteiger partial charge in [-0.3, -0.25) is 14.4 Å². The summed E-state index contributed by atoms with van der Waals surface area (Å²) in [5, 5.41) is 9.47. The molecule has 0 unspecified atom stereocenters. The molecule has 3 rings (SSSR count). The molecule has 0 aliphatic heterocycles. The molecule has 1 heterocycles. The molecule has 166 valence electrons. The van der Waals surface area contributed by atoms with Crippen LogP contribution in [0.3, 0.4) is 0 Å². The molecule has 1 saturated carbocycles. The minimum atomic E-state index is -0.695. The van der Waals surface area contributed by atoms with Gasteiger partial charge in [0.2, 0.25) is 11.7 Å². The average molecular weight is 428 g/mol. The highest BCUT2D eigenvalue weighted by molar-refractivity contribution is 5.96. The Kier molecular flexibility index (Phi) is 7.38. The number of hydrogen-bond acceptors (Lipinski definition) is 6. The summed E-state index contributed by atoms with van der Waals surface area (Å²) in [7, 11) is 0. The van der Waals surface area contributed by atoms with Crippen LogP contribution in [0.1, 0.15) is 60.6 Å². The maximum absolute atomic E-state index is 12.7. The van der Waals surface area contributed by atoms with Crippen LogP contribution in [0, 0.1) is 11.8 Å². The van der Waals surface area contributed by atoms with Gasteiger partial charge in [-0.2, -0.15) is 4.68 Å². The number of nitrogens with one attached hydrogen (secondary N) is 2. The Balaban J connectivity index is 1.58. The van der Waals surface area contributed by atoms with Gasteiger partial charge in [-0.05, 0) is 30.9 Å². The lowest BCUT2D eigenvalue weighted by Crippen LogP contribution is -2.49. The molecule has 2 atom stereocenters. The number of hydrogen-bond donors (Lipinski definition) is 2. The third kappa shape index (κ3) is 5.90. The van der Waals surface area contributed by atoms with Crippen LogP contribution in [-0.4, -0.2) is 40.0 Å². The second-order valence-corrected chi connectivity index (χ2v) is 8.23. The minimum Gasteiger partial charge on any atom is -0.384 e. The van der Waals surface area contributed by atoms with Crippen LogP contribution in [0.2, 0.25) is 0 Å². The second-order valence-electron chi connectivity index (χ2n) is 8.23. The number of rotatable bonds is 8. The van der Waals surface area contributed by atoms with Crippen molar-refractivity contribution in [3.63, 3.8) is 0 Å². The topological polar surface area (TPSA) is 123 Å². The highest BCUT2D eigenvalue weighted by Crippen LogP contribution is 2.25. The molecule has 0 bridgehead atoms. The zero-order chi connectivity index (χ0) is 22.4. The number of ketones is 1. The van der Waals surface area contributed by atoms with Crippen LogP contribution in [-0.2, 0) is 11.3 Å². The molecule has 2 aromatic rings. The van der Waals surface area contributed by atoms with Crippen LogP contribution in [0.5, 0.6) is 0 Å². The molecule has 2 N–H and O–H groups in total. The van der Waals surface area contributed by atoms with E-state index >= 15 is 0 Å². The molecule has 0 saturated heterocycles. The quantitative estimate of drug-likeness (QED) is 0.618. The SMILES string of the molecule is CC(C)Cn1nc(C(=O)CNC(=O)[C@@H]2CCCC[C@@H]2NC(=O)c2ccccc2)oc1=O. The van der Waals surface area contributed by atoms with Gasteiger partial charge in [0, 0.05) is 11.6 Å². The van der Waals surface area contributed by atoms with Gasteiger partial charge in [0.1, 0.15) is 0 Å². The Morgan fingerprint density at radius 3 is 2.58 bits per heavy atom. The van der Waals surface area contributed by atoms with Crippen molar-refractivity contribution >= 4 is 17.6 Å². The van der Waals surface area contributed by atoms with Crippen molar-refractivity contribution < 1.29 is 18.8 Å². The van der Waals surface area contributed by atoms with Crippen molar-refractivity contribution in [1.29, 1.82) is 0 Å². The predicted octanol–water partition coefficient (Wildman–Crippen LogP) is 1.78. The number of Topliss-reactive ketones (excluding diaryl/α,β-unsaturated/α-hetero) is 1. The summed E-state index contributed by atoms with van der Waals surface area (Å²) < 4.78 is 6.02. The molecule has 1 aromatic heterocycles. The van der Waals surface area contributed by atoms with E-state index in [0.29, 0.717) is 24.9 Å². The largest absolute Gasteiger partial charge is 0.437 e. The van der Waals surface area contributed by atoms with E-state index in [1.165, 1.54) is 0 Å². The van der Waals surface area contributed by atoms with Crippen molar-refractivity contribution in [3.8, 4) is 0 Å². The maximum atomic E-state index is 12.7. The standard InChI is InChI=1S/C22H28N4O5/c1-14(2)13-26-22(30)31-21(25-26)18(27)12-23-20(29)16-10-6-7-11-17(16)24-19(28)15-8-4-3-5-9-15/h3-5,8-9,14,16-17H,6-7,10-13H2,1-2H3,(H,23,29)(H,24,28)/t16-,17+/m1/s1. The van der Waals surface area contributed by atoms with Crippen molar-refractivity contribution in [3.05, 3.63) is 52.3 Å². The molecule has 1 aromatic carbocycles. The van der Waals surface area contributed by atoms with Crippen molar-refractivity contribution in [2.24, 2.45) is 11.8 Å². The summed E-state index contributed by atoms with van der Waals surface area (Å²) in [6.45, 7) is 3.85. The van der Waals surface area contributed by atoms with Crippen LogP contribution < -0.4 is 16.4 Å². The van der Waals surface area contributed by atoms with E-state index < -0.39 is 17.5 Å². The molecule has 2 amide bonds. The molecule has 1 aliphatic rings. The molecular weight excluding hydrogens is 400 g/mol. The van der Waals surface area contributed by atoms with Crippen LogP contribution >= 0.6 is 0 Å². The zero-order valence-corrected chi connectivity index (χ0v) is 17.8. The predicted molar refractivity (Wildman–Crippen MR) is 113 cm³/mol. The summed E-state index contributed by atoms with van der Waals surface area (Å²) in [5.74, 6) is -2.38. The molecular formula is C22H28N4O5. The molecule has 0 radical (unpaired) electrons. The average Bonchev–Trinajstić information content (AvgIpc) is 3.12. The highest BCUT2D eigenvalue weighted by atomic mass is 16.4. The van der Waals surface area contributed by atoms with Gasteiger partial charge >= 0.3 is 5.76 Å². The minimum absolute atomic E-state index is 0.166. The summed E-state index contributed by atoms with van der Waals surface area (Å²) in [6.07, 6.45) is 3.11. The van der Waals surface area contributed by atoms with Gasteiger partial charge in [-0.1, -0.05) is 44.9 Å². The van der Waals surface area contributed by atoms with Crippen molar-refractivity contribution in [2.75, 3.05) is 6.54 Å². The Morgan fingerprint density at radius 1 is 1.16 bits per heavy atom. The first-order chi connectivity index (χ1) is 14.8. The summed E-state index contributed by atoms with van der Waals surface area (Å²) >= 11 is 0. The smallest absolute Gasteiger partial charge is 0.384 e. The third-order valence-electron chi connectivity index (χ3n) is 5.26. The Hall–Kier alpha value is -3.23. The number of nitrogens with zero attached hydrogens (tertiary/aromatic N) is 2. The number of carbonyl (C=O) groups excluding carboxylic acids is 3. The molecule has 1 aliphatic carbocycles. The molecule has 31 heavy (non-hydrogen) atoms. The van der Waals surface area contributed by atoms with Crippen molar-refractivity contribution in [1.82, 2.24) is 20.4 Å². The van der Waals surface area contributed by atoms with E-state index in [0.717, 1.165) is 17.5 Å². The lowest BCUT2D eigenvalue weighted by molar-refractivity contribution is -0.126.